The summed E-state index contributed by atoms with van der Waals surface area (Å²) < 4.78 is 46.2. The second kappa shape index (κ2) is 12.8. The zero-order valence-corrected chi connectivity index (χ0v) is 22.3. The number of nitrogens with one attached hydrogen (secondary N) is 2. The minimum atomic E-state index is -4.64. The summed E-state index contributed by atoms with van der Waals surface area (Å²) in [5, 5.41) is 16.2. The molecule has 0 spiro atoms. The first-order chi connectivity index (χ1) is 18.6. The van der Waals surface area contributed by atoms with Crippen LogP contribution in [-0.2, 0) is 15.7 Å². The molecule has 2 aromatic rings. The van der Waals surface area contributed by atoms with E-state index >= 15 is 0 Å². The van der Waals surface area contributed by atoms with Gasteiger partial charge in [-0.1, -0.05) is 0 Å². The maximum absolute atomic E-state index is 13.7. The molecule has 2 saturated heterocycles. The molecule has 1 atom stereocenters. The summed E-state index contributed by atoms with van der Waals surface area (Å²) in [5.74, 6) is -0.498. The molecule has 2 fully saturated rings. The second-order valence-electron chi connectivity index (χ2n) is 9.88. The van der Waals surface area contributed by atoms with Gasteiger partial charge in [-0.2, -0.15) is 18.2 Å². The molecule has 3 N–H and O–H groups in total. The van der Waals surface area contributed by atoms with Gasteiger partial charge in [0.15, 0.2) is 0 Å². The van der Waals surface area contributed by atoms with Crippen molar-refractivity contribution in [3.05, 3.63) is 35.5 Å². The van der Waals surface area contributed by atoms with Crippen LogP contribution in [0.4, 0.5) is 36.3 Å². The summed E-state index contributed by atoms with van der Waals surface area (Å²) in [6.45, 7) is 6.91. The van der Waals surface area contributed by atoms with Crippen molar-refractivity contribution < 1.29 is 27.8 Å². The van der Waals surface area contributed by atoms with Gasteiger partial charge < -0.3 is 35.2 Å². The fourth-order valence-corrected chi connectivity index (χ4v) is 4.62. The third-order valence-electron chi connectivity index (χ3n) is 6.89. The van der Waals surface area contributed by atoms with Crippen molar-refractivity contribution in [2.45, 2.75) is 32.0 Å². The van der Waals surface area contributed by atoms with Crippen LogP contribution in [0.3, 0.4) is 0 Å². The number of piperazine rings is 1. The Labute approximate surface area is 226 Å². The van der Waals surface area contributed by atoms with Gasteiger partial charge in [0.2, 0.25) is 11.9 Å². The summed E-state index contributed by atoms with van der Waals surface area (Å²) >= 11 is 0. The Hall–Kier alpha value is -3.16. The third-order valence-corrected chi connectivity index (χ3v) is 6.89. The van der Waals surface area contributed by atoms with Gasteiger partial charge in [0, 0.05) is 75.6 Å². The van der Waals surface area contributed by atoms with E-state index in [-0.39, 0.29) is 30.8 Å². The SMILES string of the molecule is CC(O)c1cc(N2CCN(C)CC2)ccc1Nc1ncc(C(F)(F)F)c(NCCCN2CCCOCC2=O)n1. The highest BCUT2D eigenvalue weighted by molar-refractivity contribution is 5.77. The maximum atomic E-state index is 13.7. The van der Waals surface area contributed by atoms with E-state index in [1.807, 2.05) is 12.1 Å². The topological polar surface area (TPSA) is 106 Å². The van der Waals surface area contributed by atoms with Crippen LogP contribution in [-0.4, -0.2) is 96.9 Å². The van der Waals surface area contributed by atoms with Gasteiger partial charge in [-0.15, -0.1) is 0 Å². The lowest BCUT2D eigenvalue weighted by molar-refractivity contribution is -0.137. The fraction of sp³-hybridized carbons (Fsp3) is 0.577. The van der Waals surface area contributed by atoms with Crippen molar-refractivity contribution in [2.75, 3.05) is 81.6 Å². The molecule has 1 amide bonds. The monoisotopic (exact) mass is 551 g/mol. The van der Waals surface area contributed by atoms with Crippen molar-refractivity contribution >= 4 is 29.0 Å². The smallest absolute Gasteiger partial charge is 0.389 e. The number of carbonyl (C=O) groups excluding carboxylic acids is 1. The highest BCUT2D eigenvalue weighted by Gasteiger charge is 2.35. The van der Waals surface area contributed by atoms with E-state index < -0.39 is 17.8 Å². The van der Waals surface area contributed by atoms with Crippen LogP contribution in [0.1, 0.15) is 37.0 Å². The zero-order chi connectivity index (χ0) is 28.0. The van der Waals surface area contributed by atoms with Crippen LogP contribution in [0.2, 0.25) is 0 Å². The number of rotatable bonds is 9. The van der Waals surface area contributed by atoms with Crippen LogP contribution in [0.5, 0.6) is 0 Å². The second-order valence-corrected chi connectivity index (χ2v) is 9.88. The molecule has 4 rings (SSSR count). The van der Waals surface area contributed by atoms with Crippen LogP contribution >= 0.6 is 0 Å². The highest BCUT2D eigenvalue weighted by Crippen LogP contribution is 2.35. The molecule has 0 radical (unpaired) electrons. The number of halogens is 3. The molecule has 214 valence electrons. The summed E-state index contributed by atoms with van der Waals surface area (Å²) in [7, 11) is 2.07. The fourth-order valence-electron chi connectivity index (χ4n) is 4.62. The van der Waals surface area contributed by atoms with Crippen molar-refractivity contribution in [3.63, 3.8) is 0 Å². The van der Waals surface area contributed by atoms with E-state index in [9.17, 15) is 23.1 Å². The lowest BCUT2D eigenvalue weighted by Crippen LogP contribution is -2.44. The predicted molar refractivity (Wildman–Crippen MR) is 142 cm³/mol. The number of hydrogen-bond acceptors (Lipinski definition) is 9. The molecule has 2 aliphatic rings. The van der Waals surface area contributed by atoms with E-state index in [1.165, 1.54) is 0 Å². The van der Waals surface area contributed by atoms with Gasteiger partial charge in [0.1, 0.15) is 18.0 Å². The van der Waals surface area contributed by atoms with E-state index in [1.54, 1.807) is 17.9 Å². The minimum Gasteiger partial charge on any atom is -0.389 e. The van der Waals surface area contributed by atoms with Crippen LogP contribution in [0.15, 0.2) is 24.4 Å². The molecule has 0 aliphatic carbocycles. The number of amides is 1. The Morgan fingerprint density at radius 3 is 2.67 bits per heavy atom. The highest BCUT2D eigenvalue weighted by atomic mass is 19.4. The van der Waals surface area contributed by atoms with Crippen molar-refractivity contribution in [3.8, 4) is 0 Å². The standard InChI is InChI=1S/C26H36F3N7O3/c1-18(37)20-15-19(35-12-10-34(2)11-13-35)5-6-22(20)32-25-31-16-21(26(27,28)29)24(33-25)30-7-3-8-36-9-4-14-39-17-23(36)38/h5-6,15-16,18,37H,3-4,7-14,17H2,1-2H3,(H2,30,31,32,33). The van der Waals surface area contributed by atoms with Gasteiger partial charge in [0.05, 0.1) is 6.10 Å². The van der Waals surface area contributed by atoms with Crippen molar-refractivity contribution in [2.24, 2.45) is 0 Å². The Balaban J connectivity index is 1.47. The Morgan fingerprint density at radius 1 is 1.18 bits per heavy atom. The van der Waals surface area contributed by atoms with Crippen molar-refractivity contribution in [1.82, 2.24) is 19.8 Å². The first-order valence-corrected chi connectivity index (χ1v) is 13.2. The number of aliphatic hydroxyl groups excluding tert-OH is 1. The maximum Gasteiger partial charge on any atom is 0.421 e. The number of anilines is 4. The Bertz CT molecular complexity index is 1120. The van der Waals surface area contributed by atoms with Crippen LogP contribution < -0.4 is 15.5 Å². The zero-order valence-electron chi connectivity index (χ0n) is 22.3. The number of aliphatic hydroxyl groups is 1. The average molecular weight is 552 g/mol. The van der Waals surface area contributed by atoms with E-state index in [0.717, 1.165) is 44.5 Å². The number of alkyl halides is 3. The quantitative estimate of drug-likeness (QED) is 0.406. The van der Waals surface area contributed by atoms with E-state index in [2.05, 4.69) is 37.4 Å². The van der Waals surface area contributed by atoms with Gasteiger partial charge >= 0.3 is 6.18 Å². The van der Waals surface area contributed by atoms with Crippen LogP contribution in [0, 0.1) is 0 Å². The summed E-state index contributed by atoms with van der Waals surface area (Å²) in [6.07, 6.45) is -3.56. The first kappa shape index (κ1) is 28.8. The molecule has 2 aliphatic heterocycles. The molecular weight excluding hydrogens is 515 g/mol. The molecule has 3 heterocycles. The molecule has 1 aromatic heterocycles. The lowest BCUT2D eigenvalue weighted by atomic mass is 10.1. The normalized spacial score (nSPS) is 18.2. The number of likely N-dealkylation sites (N-methyl/N-ethyl adjacent to an activating group) is 1. The summed E-state index contributed by atoms with van der Waals surface area (Å²) in [4.78, 5) is 26.2. The largest absolute Gasteiger partial charge is 0.421 e. The average Bonchev–Trinajstić information content (AvgIpc) is 3.10. The number of nitrogens with zero attached hydrogens (tertiary/aromatic N) is 5. The van der Waals surface area contributed by atoms with Gasteiger partial charge in [-0.3, -0.25) is 4.79 Å². The van der Waals surface area contributed by atoms with E-state index in [4.69, 9.17) is 4.74 Å². The summed E-state index contributed by atoms with van der Waals surface area (Å²) in [6, 6.07) is 5.58. The molecule has 39 heavy (non-hydrogen) atoms. The number of aromatic nitrogens is 2. The molecule has 0 bridgehead atoms. The molecule has 1 unspecified atom stereocenters. The summed E-state index contributed by atoms with van der Waals surface area (Å²) in [5.41, 5.74) is 1.09. The Kier molecular flexibility index (Phi) is 9.46. The van der Waals surface area contributed by atoms with Gasteiger partial charge in [-0.05, 0) is 45.0 Å². The molecule has 0 saturated carbocycles. The number of hydrogen-bond donors (Lipinski definition) is 3. The van der Waals surface area contributed by atoms with Crippen LogP contribution in [0.25, 0.3) is 0 Å². The van der Waals surface area contributed by atoms with Crippen molar-refractivity contribution in [1.29, 1.82) is 0 Å². The van der Waals surface area contributed by atoms with Gasteiger partial charge in [-0.25, -0.2) is 4.98 Å². The molecule has 1 aromatic carbocycles. The Morgan fingerprint density at radius 2 is 1.95 bits per heavy atom. The first-order valence-electron chi connectivity index (χ1n) is 13.2. The van der Waals surface area contributed by atoms with Gasteiger partial charge in [0.25, 0.3) is 0 Å². The number of carbonyl (C=O) groups is 1. The molecule has 10 nitrogen and oxygen atoms in total. The third kappa shape index (κ3) is 7.70. The minimum absolute atomic E-state index is 0.0252. The lowest BCUT2D eigenvalue weighted by Gasteiger charge is -2.34. The number of ether oxygens (including phenoxy) is 1. The molecular formula is C26H36F3N7O3. The predicted octanol–water partition coefficient (Wildman–Crippen LogP) is 3.10. The van der Waals surface area contributed by atoms with E-state index in [0.29, 0.717) is 37.4 Å². The molecule has 13 heteroatoms. The number of benzene rings is 1.